The second-order valence-corrected chi connectivity index (χ2v) is 7.08. The van der Waals surface area contributed by atoms with Gasteiger partial charge in [-0.3, -0.25) is 4.90 Å². The van der Waals surface area contributed by atoms with E-state index in [1.807, 2.05) is 0 Å². The van der Waals surface area contributed by atoms with Gasteiger partial charge in [0.05, 0.1) is 24.2 Å². The second kappa shape index (κ2) is 9.03. The van der Waals surface area contributed by atoms with Crippen LogP contribution in [0.2, 0.25) is 0 Å². The Morgan fingerprint density at radius 1 is 1.56 bits per heavy atom. The number of carboxylic acids is 1. The van der Waals surface area contributed by atoms with Crippen molar-refractivity contribution in [1.29, 1.82) is 0 Å². The van der Waals surface area contributed by atoms with Gasteiger partial charge in [-0.1, -0.05) is 0 Å². The number of carboxylic acid groups (broad SMARTS) is 1. The summed E-state index contributed by atoms with van der Waals surface area (Å²) < 4.78 is 43.1. The second-order valence-electron chi connectivity index (χ2n) is 7.08. The molecule has 1 spiro atoms. The van der Waals surface area contributed by atoms with Crippen LogP contribution < -0.4 is 0 Å². The fourth-order valence-corrected chi connectivity index (χ4v) is 3.51. The summed E-state index contributed by atoms with van der Waals surface area (Å²) in [5.74, 6) is -2.09. The standard InChI is InChI=1S/C15H25N3O2.C2HF3O2/c1-12-14(17-11-16-12)8-18-5-4-15(10-18)7-13(9-20-15)3-6-19-2;3-2(4,5)1(6)7/h11,13H,3-10H2,1-2H3,(H,16,17);(H,6,7). The molecule has 154 valence electrons. The van der Waals surface area contributed by atoms with Crippen molar-refractivity contribution in [2.24, 2.45) is 5.92 Å². The molecule has 0 saturated carbocycles. The molecule has 0 aliphatic carbocycles. The Labute approximate surface area is 155 Å². The highest BCUT2D eigenvalue weighted by Crippen LogP contribution is 2.39. The molecule has 2 aliphatic rings. The van der Waals surface area contributed by atoms with Gasteiger partial charge in [0.25, 0.3) is 0 Å². The minimum Gasteiger partial charge on any atom is -0.475 e. The first kappa shape index (κ1) is 21.6. The van der Waals surface area contributed by atoms with Crippen LogP contribution in [0.15, 0.2) is 6.33 Å². The van der Waals surface area contributed by atoms with Gasteiger partial charge < -0.3 is 19.6 Å². The van der Waals surface area contributed by atoms with Crippen LogP contribution in [0.3, 0.4) is 0 Å². The predicted molar refractivity (Wildman–Crippen MR) is 90.2 cm³/mol. The van der Waals surface area contributed by atoms with E-state index in [9.17, 15) is 13.2 Å². The number of hydrogen-bond acceptors (Lipinski definition) is 5. The lowest BCUT2D eigenvalue weighted by molar-refractivity contribution is -0.192. The maximum atomic E-state index is 10.6. The minimum atomic E-state index is -5.08. The van der Waals surface area contributed by atoms with Crippen molar-refractivity contribution in [2.75, 3.05) is 33.4 Å². The number of alkyl halides is 3. The third-order valence-corrected chi connectivity index (χ3v) is 4.96. The normalized spacial score (nSPS) is 25.6. The average molecular weight is 393 g/mol. The zero-order chi connectivity index (χ0) is 20.1. The van der Waals surface area contributed by atoms with Crippen molar-refractivity contribution in [3.8, 4) is 0 Å². The third kappa shape index (κ3) is 6.18. The van der Waals surface area contributed by atoms with E-state index in [1.54, 1.807) is 13.4 Å². The number of halogens is 3. The number of likely N-dealkylation sites (tertiary alicyclic amines) is 1. The summed E-state index contributed by atoms with van der Waals surface area (Å²) in [7, 11) is 1.77. The number of ether oxygens (including phenoxy) is 2. The maximum absolute atomic E-state index is 10.6. The molecule has 10 heteroatoms. The van der Waals surface area contributed by atoms with Gasteiger partial charge in [-0.25, -0.2) is 9.78 Å². The molecule has 27 heavy (non-hydrogen) atoms. The average Bonchev–Trinajstić information content (AvgIpc) is 3.29. The Morgan fingerprint density at radius 3 is 2.81 bits per heavy atom. The molecular weight excluding hydrogens is 367 g/mol. The molecule has 1 aromatic rings. The first-order valence-electron chi connectivity index (χ1n) is 8.79. The molecule has 7 nitrogen and oxygen atoms in total. The van der Waals surface area contributed by atoms with E-state index in [0.29, 0.717) is 5.92 Å². The Morgan fingerprint density at radius 2 is 2.26 bits per heavy atom. The fraction of sp³-hybridized carbons (Fsp3) is 0.765. The van der Waals surface area contributed by atoms with Gasteiger partial charge in [0.2, 0.25) is 0 Å². The fourth-order valence-electron chi connectivity index (χ4n) is 3.51. The van der Waals surface area contributed by atoms with Crippen molar-refractivity contribution in [3.63, 3.8) is 0 Å². The molecule has 2 aliphatic heterocycles. The van der Waals surface area contributed by atoms with Crippen LogP contribution >= 0.6 is 0 Å². The van der Waals surface area contributed by atoms with Crippen LogP contribution in [0.1, 0.15) is 30.7 Å². The van der Waals surface area contributed by atoms with Crippen molar-refractivity contribution in [2.45, 2.75) is 44.5 Å². The number of nitrogens with zero attached hydrogens (tertiary/aromatic N) is 2. The Kier molecular flexibility index (Phi) is 7.24. The van der Waals surface area contributed by atoms with Crippen molar-refractivity contribution >= 4 is 5.97 Å². The van der Waals surface area contributed by atoms with E-state index in [-0.39, 0.29) is 5.60 Å². The van der Waals surface area contributed by atoms with Crippen LogP contribution in [-0.2, 0) is 20.8 Å². The summed E-state index contributed by atoms with van der Waals surface area (Å²) in [6, 6.07) is 0. The van der Waals surface area contributed by atoms with Crippen molar-refractivity contribution in [3.05, 3.63) is 17.7 Å². The number of aliphatic carboxylic acids is 1. The number of nitrogens with one attached hydrogen (secondary N) is 1. The van der Waals surface area contributed by atoms with Gasteiger partial charge >= 0.3 is 12.1 Å². The molecular formula is C17H26F3N3O4. The lowest BCUT2D eigenvalue weighted by Gasteiger charge is -2.23. The van der Waals surface area contributed by atoms with E-state index in [4.69, 9.17) is 19.4 Å². The molecule has 2 saturated heterocycles. The molecule has 2 unspecified atom stereocenters. The Balaban J connectivity index is 0.000000321. The highest BCUT2D eigenvalue weighted by molar-refractivity contribution is 5.73. The zero-order valence-corrected chi connectivity index (χ0v) is 15.5. The van der Waals surface area contributed by atoms with Gasteiger partial charge in [0.1, 0.15) is 0 Å². The van der Waals surface area contributed by atoms with Crippen LogP contribution in [0.25, 0.3) is 0 Å². The Hall–Kier alpha value is -1.65. The van der Waals surface area contributed by atoms with Crippen LogP contribution in [0.4, 0.5) is 13.2 Å². The minimum absolute atomic E-state index is 0.0998. The quantitative estimate of drug-likeness (QED) is 0.799. The number of aryl methyl sites for hydroxylation is 1. The van der Waals surface area contributed by atoms with Crippen LogP contribution in [0.5, 0.6) is 0 Å². The molecule has 0 amide bonds. The highest BCUT2D eigenvalue weighted by Gasteiger charge is 2.45. The molecule has 0 radical (unpaired) electrons. The summed E-state index contributed by atoms with van der Waals surface area (Å²) in [5, 5.41) is 7.12. The topological polar surface area (TPSA) is 87.7 Å². The van der Waals surface area contributed by atoms with Gasteiger partial charge in [0.15, 0.2) is 0 Å². The first-order valence-corrected chi connectivity index (χ1v) is 8.79. The monoisotopic (exact) mass is 393 g/mol. The highest BCUT2D eigenvalue weighted by atomic mass is 19.4. The van der Waals surface area contributed by atoms with Crippen LogP contribution in [0, 0.1) is 12.8 Å². The van der Waals surface area contributed by atoms with E-state index in [2.05, 4.69) is 21.8 Å². The molecule has 3 rings (SSSR count). The molecule has 0 bridgehead atoms. The smallest absolute Gasteiger partial charge is 0.475 e. The van der Waals surface area contributed by atoms with Crippen LogP contribution in [-0.4, -0.2) is 71.1 Å². The molecule has 2 fully saturated rings. The SMILES string of the molecule is COCCC1COC2(CCN(Cc3nc[nH]c3C)C2)C1.O=C(O)C(F)(F)F. The number of hydrogen-bond donors (Lipinski definition) is 2. The number of methoxy groups -OCH3 is 1. The number of imidazole rings is 1. The lowest BCUT2D eigenvalue weighted by Crippen LogP contribution is -2.32. The van der Waals surface area contributed by atoms with Gasteiger partial charge in [-0.05, 0) is 32.1 Å². The van der Waals surface area contributed by atoms with Crippen molar-refractivity contribution < 1.29 is 32.5 Å². The number of rotatable bonds is 5. The number of aromatic nitrogens is 2. The molecule has 3 heterocycles. The predicted octanol–water partition coefficient (Wildman–Crippen LogP) is 2.37. The summed E-state index contributed by atoms with van der Waals surface area (Å²) >= 11 is 0. The summed E-state index contributed by atoms with van der Waals surface area (Å²) in [4.78, 5) is 18.9. The molecule has 1 aromatic heterocycles. The van der Waals surface area contributed by atoms with Gasteiger partial charge in [0, 0.05) is 39.0 Å². The number of carbonyl (C=O) groups is 1. The summed E-state index contributed by atoms with van der Waals surface area (Å²) in [5.41, 5.74) is 2.44. The maximum Gasteiger partial charge on any atom is 0.490 e. The largest absolute Gasteiger partial charge is 0.490 e. The lowest BCUT2D eigenvalue weighted by atomic mass is 9.92. The zero-order valence-electron chi connectivity index (χ0n) is 15.5. The Bertz CT molecular complexity index is 623. The van der Waals surface area contributed by atoms with E-state index in [1.165, 1.54) is 12.1 Å². The van der Waals surface area contributed by atoms with Gasteiger partial charge in [-0.15, -0.1) is 0 Å². The van der Waals surface area contributed by atoms with Crippen molar-refractivity contribution in [1.82, 2.24) is 14.9 Å². The molecule has 2 N–H and O–H groups in total. The van der Waals surface area contributed by atoms with E-state index >= 15 is 0 Å². The summed E-state index contributed by atoms with van der Waals surface area (Å²) in [6.07, 6.45) is 0.159. The summed E-state index contributed by atoms with van der Waals surface area (Å²) in [6.45, 7) is 6.93. The number of aromatic amines is 1. The number of H-pyrrole nitrogens is 1. The van der Waals surface area contributed by atoms with E-state index in [0.717, 1.165) is 51.4 Å². The molecule has 2 atom stereocenters. The van der Waals surface area contributed by atoms with E-state index < -0.39 is 12.1 Å². The third-order valence-electron chi connectivity index (χ3n) is 4.96. The van der Waals surface area contributed by atoms with Gasteiger partial charge in [-0.2, -0.15) is 13.2 Å². The first-order chi connectivity index (χ1) is 12.6. The molecule has 0 aromatic carbocycles.